The van der Waals surface area contributed by atoms with E-state index in [9.17, 15) is 38.7 Å². The van der Waals surface area contributed by atoms with Crippen molar-refractivity contribution in [3.63, 3.8) is 0 Å². The topological polar surface area (TPSA) is 274 Å². The van der Waals surface area contributed by atoms with Crippen LogP contribution in [0.4, 0.5) is 0 Å². The maximum atomic E-state index is 12.9. The van der Waals surface area contributed by atoms with E-state index in [1.807, 2.05) is 6.26 Å². The molecule has 0 radical (unpaired) electrons. The van der Waals surface area contributed by atoms with Gasteiger partial charge in [-0.1, -0.05) is 0 Å². The number of aliphatic carboxylic acids is 2. The number of thioether (sulfide) groups is 1. The van der Waals surface area contributed by atoms with Crippen LogP contribution in [-0.2, 0) is 33.6 Å². The zero-order chi connectivity index (χ0) is 27.8. The van der Waals surface area contributed by atoms with Crippen LogP contribution in [0.3, 0.4) is 0 Å². The van der Waals surface area contributed by atoms with Crippen molar-refractivity contribution in [3.05, 3.63) is 0 Å². The lowest BCUT2D eigenvalue weighted by Gasteiger charge is -2.25. The van der Waals surface area contributed by atoms with Crippen LogP contribution in [0.5, 0.6) is 0 Å². The highest BCUT2D eigenvalue weighted by Crippen LogP contribution is 2.06. The number of nitrogens with two attached hydrogens (primary N) is 3. The third-order valence-electron chi connectivity index (χ3n) is 4.86. The number of amides is 5. The molecule has 0 aromatic carbocycles. The van der Waals surface area contributed by atoms with Crippen LogP contribution in [0.25, 0.3) is 0 Å². The number of hydrogen-bond donors (Lipinski definition) is 8. The van der Waals surface area contributed by atoms with E-state index in [4.69, 9.17) is 22.3 Å². The second kappa shape index (κ2) is 17.1. The molecule has 0 aromatic heterocycles. The van der Waals surface area contributed by atoms with Crippen LogP contribution in [0, 0.1) is 0 Å². The first kappa shape index (κ1) is 32.6. The molecule has 0 aliphatic heterocycles. The lowest BCUT2D eigenvalue weighted by molar-refractivity contribution is -0.143. The summed E-state index contributed by atoms with van der Waals surface area (Å²) in [5.41, 5.74) is 15.9. The third-order valence-corrected chi connectivity index (χ3v) is 5.50. The molecule has 0 saturated carbocycles. The molecule has 15 nitrogen and oxygen atoms in total. The van der Waals surface area contributed by atoms with Gasteiger partial charge in [-0.3, -0.25) is 28.8 Å². The van der Waals surface area contributed by atoms with E-state index in [1.165, 1.54) is 11.8 Å². The maximum Gasteiger partial charge on any atom is 0.326 e. The minimum atomic E-state index is -1.53. The lowest BCUT2D eigenvalue weighted by atomic mass is 10.1. The second-order valence-electron chi connectivity index (χ2n) is 7.85. The summed E-state index contributed by atoms with van der Waals surface area (Å²) in [6, 6.07) is -5.33. The SMILES string of the molecule is CSCCC(N)C(=O)NC(CCC(N)=O)C(=O)NC(CCC(=O)O)C(=O)NC(CCC(N)=O)C(=O)O. The van der Waals surface area contributed by atoms with Gasteiger partial charge in [-0.05, 0) is 37.7 Å². The van der Waals surface area contributed by atoms with Crippen LogP contribution >= 0.6 is 11.8 Å². The molecule has 0 fully saturated rings. The van der Waals surface area contributed by atoms with E-state index in [0.29, 0.717) is 12.2 Å². The van der Waals surface area contributed by atoms with Gasteiger partial charge in [-0.25, -0.2) is 4.79 Å². The fraction of sp³-hybridized carbons (Fsp3) is 0.650. The van der Waals surface area contributed by atoms with Crippen molar-refractivity contribution in [2.75, 3.05) is 12.0 Å². The zero-order valence-corrected chi connectivity index (χ0v) is 20.7. The number of primary amides is 2. The van der Waals surface area contributed by atoms with Crippen molar-refractivity contribution in [1.82, 2.24) is 16.0 Å². The normalized spacial score (nSPS) is 13.9. The molecular weight excluding hydrogens is 500 g/mol. The Balaban J connectivity index is 5.61. The Hall–Kier alpha value is -3.40. The highest BCUT2D eigenvalue weighted by atomic mass is 32.2. The summed E-state index contributed by atoms with van der Waals surface area (Å²) in [4.78, 5) is 82.6. The van der Waals surface area contributed by atoms with E-state index < -0.39 is 78.5 Å². The Morgan fingerprint density at radius 3 is 1.53 bits per heavy atom. The molecule has 0 bridgehead atoms. The van der Waals surface area contributed by atoms with Gasteiger partial charge in [0.15, 0.2) is 0 Å². The van der Waals surface area contributed by atoms with Crippen LogP contribution in [0.1, 0.15) is 44.9 Å². The van der Waals surface area contributed by atoms with E-state index in [1.54, 1.807) is 0 Å². The predicted octanol–water partition coefficient (Wildman–Crippen LogP) is -3.00. The van der Waals surface area contributed by atoms with E-state index in [2.05, 4.69) is 16.0 Å². The number of nitrogens with one attached hydrogen (secondary N) is 3. The molecule has 0 saturated heterocycles. The summed E-state index contributed by atoms with van der Waals surface area (Å²) in [5, 5.41) is 25.1. The van der Waals surface area contributed by atoms with Gasteiger partial charge in [0.2, 0.25) is 29.5 Å². The molecule has 0 aliphatic rings. The fourth-order valence-electron chi connectivity index (χ4n) is 2.84. The first-order chi connectivity index (χ1) is 16.8. The number of rotatable bonds is 19. The summed E-state index contributed by atoms with van der Waals surface area (Å²) in [6.07, 6.45) is -0.0529. The van der Waals surface area contributed by atoms with Gasteiger partial charge < -0.3 is 43.4 Å². The smallest absolute Gasteiger partial charge is 0.326 e. The molecule has 16 heteroatoms. The Morgan fingerprint density at radius 2 is 1.11 bits per heavy atom. The maximum absolute atomic E-state index is 12.9. The van der Waals surface area contributed by atoms with Crippen molar-refractivity contribution in [2.24, 2.45) is 17.2 Å². The molecule has 4 atom stereocenters. The largest absolute Gasteiger partial charge is 0.481 e. The van der Waals surface area contributed by atoms with Gasteiger partial charge in [-0.2, -0.15) is 11.8 Å². The van der Waals surface area contributed by atoms with Crippen molar-refractivity contribution in [2.45, 2.75) is 69.1 Å². The average Bonchev–Trinajstić information content (AvgIpc) is 2.79. The summed E-state index contributed by atoms with van der Waals surface area (Å²) in [6.45, 7) is 0. The fourth-order valence-corrected chi connectivity index (χ4v) is 3.32. The Kier molecular flexibility index (Phi) is 15.5. The minimum absolute atomic E-state index is 0.230. The highest BCUT2D eigenvalue weighted by Gasteiger charge is 2.31. The first-order valence-electron chi connectivity index (χ1n) is 10.9. The lowest BCUT2D eigenvalue weighted by Crippen LogP contribution is -2.57. The molecule has 11 N–H and O–H groups in total. The average molecular weight is 535 g/mol. The van der Waals surface area contributed by atoms with Crippen LogP contribution in [0.15, 0.2) is 0 Å². The summed E-state index contributed by atoms with van der Waals surface area (Å²) >= 11 is 1.46. The Morgan fingerprint density at radius 1 is 0.694 bits per heavy atom. The van der Waals surface area contributed by atoms with Gasteiger partial charge in [0, 0.05) is 19.3 Å². The molecule has 0 spiro atoms. The molecule has 0 rings (SSSR count). The standard InChI is InChI=1S/C20H34N6O9S/c1-36-9-8-10(21)17(31)24-11(2-5-14(22)27)18(32)25-12(4-7-16(29)30)19(33)26-13(20(34)35)3-6-15(23)28/h10-13H,2-9,21H2,1H3,(H2,22,27)(H2,23,28)(H,24,31)(H,25,32)(H,26,33)(H,29,30)(H,34,35). The van der Waals surface area contributed by atoms with Crippen molar-refractivity contribution in [1.29, 1.82) is 0 Å². The van der Waals surface area contributed by atoms with E-state index >= 15 is 0 Å². The minimum Gasteiger partial charge on any atom is -0.481 e. The predicted molar refractivity (Wildman–Crippen MR) is 128 cm³/mol. The molecule has 0 aromatic rings. The molecule has 4 unspecified atom stereocenters. The third kappa shape index (κ3) is 14.1. The zero-order valence-electron chi connectivity index (χ0n) is 19.9. The molecule has 5 amide bonds. The van der Waals surface area contributed by atoms with Crippen LogP contribution < -0.4 is 33.2 Å². The van der Waals surface area contributed by atoms with E-state index in [0.717, 1.165) is 0 Å². The van der Waals surface area contributed by atoms with Crippen molar-refractivity contribution in [3.8, 4) is 0 Å². The van der Waals surface area contributed by atoms with Crippen molar-refractivity contribution >= 4 is 53.2 Å². The number of hydrogen-bond acceptors (Lipinski definition) is 9. The molecule has 204 valence electrons. The van der Waals surface area contributed by atoms with Crippen LogP contribution in [0.2, 0.25) is 0 Å². The summed E-state index contributed by atoms with van der Waals surface area (Å²) < 4.78 is 0. The summed E-state index contributed by atoms with van der Waals surface area (Å²) in [5.74, 6) is -6.39. The molecular formula is C20H34N6O9S. The highest BCUT2D eigenvalue weighted by molar-refractivity contribution is 7.98. The molecule has 36 heavy (non-hydrogen) atoms. The van der Waals surface area contributed by atoms with Gasteiger partial charge >= 0.3 is 11.9 Å². The van der Waals surface area contributed by atoms with E-state index in [-0.39, 0.29) is 25.7 Å². The first-order valence-corrected chi connectivity index (χ1v) is 12.3. The van der Waals surface area contributed by atoms with Crippen molar-refractivity contribution < 1.29 is 43.8 Å². The van der Waals surface area contributed by atoms with Crippen LogP contribution in [-0.4, -0.2) is 87.9 Å². The summed E-state index contributed by atoms with van der Waals surface area (Å²) in [7, 11) is 0. The Bertz CT molecular complexity index is 825. The number of carboxylic acid groups (broad SMARTS) is 2. The number of carbonyl (C=O) groups excluding carboxylic acids is 5. The Labute approximate surface area is 211 Å². The molecule has 0 heterocycles. The second-order valence-corrected chi connectivity index (χ2v) is 8.84. The van der Waals surface area contributed by atoms with Gasteiger partial charge in [0.25, 0.3) is 0 Å². The van der Waals surface area contributed by atoms with Gasteiger partial charge in [-0.15, -0.1) is 0 Å². The quantitative estimate of drug-likeness (QED) is 0.0826. The number of carbonyl (C=O) groups is 7. The molecule has 0 aliphatic carbocycles. The van der Waals surface area contributed by atoms with Gasteiger partial charge in [0.1, 0.15) is 18.1 Å². The monoisotopic (exact) mass is 534 g/mol. The number of carboxylic acids is 2. The van der Waals surface area contributed by atoms with Gasteiger partial charge in [0.05, 0.1) is 6.04 Å².